The van der Waals surface area contributed by atoms with Crippen LogP contribution in [0.25, 0.3) is 100 Å². The van der Waals surface area contributed by atoms with E-state index in [0.717, 1.165) is 78.0 Å². The first-order chi connectivity index (χ1) is 29.8. The van der Waals surface area contributed by atoms with Crippen molar-refractivity contribution >= 4 is 43.6 Å². The van der Waals surface area contributed by atoms with Crippen molar-refractivity contribution in [1.82, 2.24) is 24.1 Å². The first-order valence-corrected chi connectivity index (χ1v) is 20.0. The molecule has 11 rings (SSSR count). The van der Waals surface area contributed by atoms with Crippen molar-refractivity contribution in [3.8, 4) is 56.7 Å². The predicted molar refractivity (Wildman–Crippen MR) is 240 cm³/mol. The summed E-state index contributed by atoms with van der Waals surface area (Å²) in [7, 11) is 0. The minimum atomic E-state index is -4.50. The molecule has 0 radical (unpaired) electrons. The average molecular weight is 798 g/mol. The van der Waals surface area contributed by atoms with Crippen LogP contribution in [-0.4, -0.2) is 24.1 Å². The Morgan fingerprint density at radius 1 is 0.393 bits per heavy atom. The molecule has 292 valence electrons. The Kier molecular flexibility index (Phi) is 8.42. The molecule has 8 aromatic carbocycles. The first kappa shape index (κ1) is 36.3. The molecule has 0 aliphatic carbocycles. The van der Waals surface area contributed by atoms with Gasteiger partial charge < -0.3 is 9.13 Å². The average Bonchev–Trinajstić information content (AvgIpc) is 3.81. The molecule has 0 fully saturated rings. The van der Waals surface area contributed by atoms with Crippen molar-refractivity contribution in [1.29, 1.82) is 0 Å². The summed E-state index contributed by atoms with van der Waals surface area (Å²) in [5.41, 5.74) is 9.85. The first-order valence-electron chi connectivity index (χ1n) is 20.0. The Hall–Kier alpha value is -7.84. The Morgan fingerprint density at radius 3 is 1.62 bits per heavy atom. The van der Waals surface area contributed by atoms with Gasteiger partial charge in [-0.25, -0.2) is 15.0 Å². The largest absolute Gasteiger partial charge is 0.416 e. The van der Waals surface area contributed by atoms with E-state index in [9.17, 15) is 13.2 Å². The molecule has 0 amide bonds. The third-order valence-electron chi connectivity index (χ3n) is 11.4. The van der Waals surface area contributed by atoms with Crippen LogP contribution in [0.1, 0.15) is 11.1 Å². The van der Waals surface area contributed by atoms with Crippen LogP contribution in [0.2, 0.25) is 0 Å². The lowest BCUT2D eigenvalue weighted by Crippen LogP contribution is -2.05. The summed E-state index contributed by atoms with van der Waals surface area (Å²) in [4.78, 5) is 15.3. The van der Waals surface area contributed by atoms with Crippen LogP contribution in [0.3, 0.4) is 0 Å². The van der Waals surface area contributed by atoms with Gasteiger partial charge in [0.25, 0.3) is 0 Å². The molecule has 11 aromatic rings. The summed E-state index contributed by atoms with van der Waals surface area (Å²) in [6, 6.07) is 61.0. The molecule has 0 aliphatic rings. The van der Waals surface area contributed by atoms with Crippen LogP contribution in [0.4, 0.5) is 13.2 Å². The zero-order valence-corrected chi connectivity index (χ0v) is 32.8. The number of aromatic nitrogens is 5. The van der Waals surface area contributed by atoms with Crippen LogP contribution >= 0.6 is 0 Å². The van der Waals surface area contributed by atoms with Crippen molar-refractivity contribution in [2.24, 2.45) is 0 Å². The number of nitrogens with zero attached hydrogens (tertiary/aromatic N) is 5. The predicted octanol–water partition coefficient (Wildman–Crippen LogP) is 14.1. The number of rotatable bonds is 6. The van der Waals surface area contributed by atoms with E-state index in [1.54, 1.807) is 6.07 Å². The minimum absolute atomic E-state index is 0.429. The Balaban J connectivity index is 1.21. The molecule has 0 bridgehead atoms. The highest BCUT2D eigenvalue weighted by Crippen LogP contribution is 2.42. The number of halogens is 3. The molecule has 0 saturated heterocycles. The molecule has 0 N–H and O–H groups in total. The monoisotopic (exact) mass is 797 g/mol. The van der Waals surface area contributed by atoms with Gasteiger partial charge in [0.1, 0.15) is 0 Å². The summed E-state index contributed by atoms with van der Waals surface area (Å²) in [6.07, 6.45) is -4.50. The van der Waals surface area contributed by atoms with E-state index >= 15 is 0 Å². The molecule has 0 atom stereocenters. The third-order valence-corrected chi connectivity index (χ3v) is 11.4. The van der Waals surface area contributed by atoms with Gasteiger partial charge in [0.2, 0.25) is 0 Å². The SMILES string of the molecule is Cc1ccc2c(c1)c1cc(C(F)(F)F)ccc1n2-c1ccc(-c2ccc3c4ccccc4n(-c4ccccc4)c3c2)cc1-c1nc(-c2ccccc2)nc(-c2ccccc2)n1. The lowest BCUT2D eigenvalue weighted by Gasteiger charge is -2.17. The van der Waals surface area contributed by atoms with Gasteiger partial charge in [-0.3, -0.25) is 0 Å². The van der Waals surface area contributed by atoms with E-state index in [1.165, 1.54) is 6.07 Å². The highest BCUT2D eigenvalue weighted by molar-refractivity contribution is 6.11. The van der Waals surface area contributed by atoms with Crippen molar-refractivity contribution < 1.29 is 13.2 Å². The van der Waals surface area contributed by atoms with Crippen LogP contribution in [0.15, 0.2) is 188 Å². The molecular formula is C53H34F3N5. The third kappa shape index (κ3) is 6.23. The molecule has 61 heavy (non-hydrogen) atoms. The quantitative estimate of drug-likeness (QED) is 0.168. The second kappa shape index (κ2) is 14.2. The summed E-state index contributed by atoms with van der Waals surface area (Å²) >= 11 is 0. The van der Waals surface area contributed by atoms with Crippen molar-refractivity contribution in [2.45, 2.75) is 13.1 Å². The summed E-state index contributed by atoms with van der Waals surface area (Å²) in [6.45, 7) is 1.95. The van der Waals surface area contributed by atoms with Gasteiger partial charge in [-0.1, -0.05) is 127 Å². The maximum absolute atomic E-state index is 14.2. The lowest BCUT2D eigenvalue weighted by atomic mass is 9.99. The van der Waals surface area contributed by atoms with E-state index in [4.69, 9.17) is 15.0 Å². The molecule has 8 heteroatoms. The second-order valence-electron chi connectivity index (χ2n) is 15.3. The zero-order chi connectivity index (χ0) is 41.2. The zero-order valence-electron chi connectivity index (χ0n) is 32.8. The van der Waals surface area contributed by atoms with Gasteiger partial charge in [0, 0.05) is 43.9 Å². The van der Waals surface area contributed by atoms with E-state index in [1.807, 2.05) is 115 Å². The lowest BCUT2D eigenvalue weighted by molar-refractivity contribution is -0.137. The molecule has 0 spiro atoms. The standard InChI is InChI=1S/C53H34F3N5/c1-33-21-26-46-42(29-33)43-32-38(53(54,55)56)24-28-47(43)61(46)48-27-23-36(37-22-25-41-40-19-11-12-20-45(40)60(49(41)31-37)39-17-9-4-10-18-39)30-44(48)52-58-50(34-13-5-2-6-14-34)57-51(59-52)35-15-7-3-8-16-35/h2-32H,1H3. The fourth-order valence-electron chi connectivity index (χ4n) is 8.60. The highest BCUT2D eigenvalue weighted by atomic mass is 19.4. The molecule has 0 aliphatic heterocycles. The number of aryl methyl sites for hydroxylation is 1. The maximum Gasteiger partial charge on any atom is 0.416 e. The fraction of sp³-hybridized carbons (Fsp3) is 0.0377. The molecule has 5 nitrogen and oxygen atoms in total. The Labute approximate surface area is 348 Å². The Morgan fingerprint density at radius 2 is 0.934 bits per heavy atom. The van der Waals surface area contributed by atoms with E-state index in [0.29, 0.717) is 33.9 Å². The van der Waals surface area contributed by atoms with Gasteiger partial charge in [0.15, 0.2) is 17.5 Å². The number of alkyl halides is 3. The van der Waals surface area contributed by atoms with Crippen LogP contribution in [-0.2, 0) is 6.18 Å². The van der Waals surface area contributed by atoms with Gasteiger partial charge in [-0.2, -0.15) is 13.2 Å². The van der Waals surface area contributed by atoms with Crippen molar-refractivity contribution in [3.05, 3.63) is 199 Å². The molecule has 3 aromatic heterocycles. The maximum atomic E-state index is 14.2. The van der Waals surface area contributed by atoms with Crippen LogP contribution in [0, 0.1) is 6.92 Å². The number of hydrogen-bond acceptors (Lipinski definition) is 3. The van der Waals surface area contributed by atoms with Crippen LogP contribution < -0.4 is 0 Å². The summed E-state index contributed by atoms with van der Waals surface area (Å²) < 4.78 is 47.0. The molecule has 0 saturated carbocycles. The summed E-state index contributed by atoms with van der Waals surface area (Å²) in [5.74, 6) is 1.43. The van der Waals surface area contributed by atoms with E-state index in [-0.39, 0.29) is 0 Å². The van der Waals surface area contributed by atoms with E-state index in [2.05, 4.69) is 71.3 Å². The Bertz CT molecular complexity index is 3400. The van der Waals surface area contributed by atoms with Crippen molar-refractivity contribution in [3.63, 3.8) is 0 Å². The minimum Gasteiger partial charge on any atom is -0.309 e. The molecular weight excluding hydrogens is 764 g/mol. The van der Waals surface area contributed by atoms with Gasteiger partial charge in [-0.05, 0) is 84.8 Å². The molecule has 3 heterocycles. The number of fused-ring (bicyclic) bond motifs is 6. The van der Waals surface area contributed by atoms with Gasteiger partial charge >= 0.3 is 6.18 Å². The second-order valence-corrected chi connectivity index (χ2v) is 15.3. The fourth-order valence-corrected chi connectivity index (χ4v) is 8.60. The normalized spacial score (nSPS) is 11.9. The van der Waals surface area contributed by atoms with Gasteiger partial charge in [0.05, 0.1) is 33.3 Å². The highest BCUT2D eigenvalue weighted by Gasteiger charge is 2.31. The van der Waals surface area contributed by atoms with Crippen molar-refractivity contribution in [2.75, 3.05) is 0 Å². The number of para-hydroxylation sites is 2. The van der Waals surface area contributed by atoms with Gasteiger partial charge in [-0.15, -0.1) is 0 Å². The summed E-state index contributed by atoms with van der Waals surface area (Å²) in [5, 5.41) is 3.52. The topological polar surface area (TPSA) is 48.5 Å². The number of hydrogen-bond donors (Lipinski definition) is 0. The smallest absolute Gasteiger partial charge is 0.309 e. The van der Waals surface area contributed by atoms with E-state index < -0.39 is 11.7 Å². The number of benzene rings is 8. The van der Waals surface area contributed by atoms with Crippen LogP contribution in [0.5, 0.6) is 0 Å². The molecule has 0 unspecified atom stereocenters.